The van der Waals surface area contributed by atoms with Gasteiger partial charge in [-0.2, -0.15) is 0 Å². The summed E-state index contributed by atoms with van der Waals surface area (Å²) >= 11 is 0. The summed E-state index contributed by atoms with van der Waals surface area (Å²) in [5, 5.41) is 12.2. The largest absolute Gasteiger partial charge is 0.479 e. The van der Waals surface area contributed by atoms with Gasteiger partial charge in [-0.15, -0.1) is 0 Å². The van der Waals surface area contributed by atoms with E-state index in [4.69, 9.17) is 4.74 Å². The molecule has 2 N–H and O–H groups in total. The Hall–Kier alpha value is -3.35. The molecule has 0 aromatic heterocycles. The molecule has 0 bridgehead atoms. The van der Waals surface area contributed by atoms with E-state index in [1.54, 1.807) is 0 Å². The third kappa shape index (κ3) is 4.32. The van der Waals surface area contributed by atoms with E-state index in [0.29, 0.717) is 19.3 Å². The van der Waals surface area contributed by atoms with Crippen LogP contribution in [-0.2, 0) is 14.3 Å². The Morgan fingerprint density at radius 3 is 2.09 bits per heavy atom. The molecule has 0 spiro atoms. The highest BCUT2D eigenvalue weighted by Gasteiger charge is 2.56. The molecule has 7 heteroatoms. The van der Waals surface area contributed by atoms with Gasteiger partial charge in [0, 0.05) is 13.0 Å². The van der Waals surface area contributed by atoms with Crippen molar-refractivity contribution in [1.29, 1.82) is 0 Å². The van der Waals surface area contributed by atoms with Crippen molar-refractivity contribution in [2.24, 2.45) is 5.92 Å². The summed E-state index contributed by atoms with van der Waals surface area (Å²) in [6.45, 7) is 4.05. The number of carboxylic acid groups (broad SMARTS) is 1. The summed E-state index contributed by atoms with van der Waals surface area (Å²) in [5.74, 6) is -1.37. The van der Waals surface area contributed by atoms with Crippen molar-refractivity contribution in [2.45, 2.75) is 50.6 Å². The summed E-state index contributed by atoms with van der Waals surface area (Å²) in [4.78, 5) is 38.7. The van der Waals surface area contributed by atoms with E-state index >= 15 is 0 Å². The van der Waals surface area contributed by atoms with Crippen LogP contribution in [-0.4, -0.2) is 53.2 Å². The first-order valence-corrected chi connectivity index (χ1v) is 11.4. The van der Waals surface area contributed by atoms with E-state index in [0.717, 1.165) is 22.3 Å². The highest BCUT2D eigenvalue weighted by Crippen LogP contribution is 2.44. The second kappa shape index (κ2) is 8.89. The Kier molecular flexibility index (Phi) is 6.15. The fraction of sp³-hybridized carbons (Fsp3) is 0.423. The van der Waals surface area contributed by atoms with Gasteiger partial charge in [-0.3, -0.25) is 4.79 Å². The van der Waals surface area contributed by atoms with Crippen LogP contribution in [0, 0.1) is 5.92 Å². The summed E-state index contributed by atoms with van der Waals surface area (Å²) in [5.41, 5.74) is 3.34. The molecule has 1 atom stereocenters. The van der Waals surface area contributed by atoms with E-state index in [9.17, 15) is 19.5 Å². The molecule has 33 heavy (non-hydrogen) atoms. The van der Waals surface area contributed by atoms with Gasteiger partial charge in [0.05, 0.1) is 0 Å². The fourth-order valence-electron chi connectivity index (χ4n) is 4.73. The van der Waals surface area contributed by atoms with Gasteiger partial charge in [-0.1, -0.05) is 62.4 Å². The summed E-state index contributed by atoms with van der Waals surface area (Å²) in [6.07, 6.45) is 0.557. The van der Waals surface area contributed by atoms with Crippen LogP contribution in [0.2, 0.25) is 0 Å². The zero-order chi connectivity index (χ0) is 23.8. The number of nitrogens with one attached hydrogen (secondary N) is 1. The van der Waals surface area contributed by atoms with E-state index in [2.05, 4.69) is 17.4 Å². The molecular weight excluding hydrogens is 420 g/mol. The maximum absolute atomic E-state index is 13.1. The molecule has 7 nitrogen and oxygen atoms in total. The van der Waals surface area contributed by atoms with Crippen molar-refractivity contribution in [2.75, 3.05) is 13.7 Å². The number of hydrogen-bond donors (Lipinski definition) is 2. The number of aliphatic carboxylic acids is 1. The molecule has 1 saturated carbocycles. The van der Waals surface area contributed by atoms with Crippen LogP contribution in [0.15, 0.2) is 48.5 Å². The molecule has 0 aliphatic heterocycles. The minimum atomic E-state index is -1.16. The molecule has 1 unspecified atom stereocenters. The average molecular weight is 451 g/mol. The normalized spacial score (nSPS) is 16.5. The molecule has 1 fully saturated rings. The number of benzene rings is 2. The number of carbonyl (C=O) groups is 3. The number of hydrogen-bond acceptors (Lipinski definition) is 4. The van der Waals surface area contributed by atoms with Crippen LogP contribution >= 0.6 is 0 Å². The minimum absolute atomic E-state index is 0.0770. The quantitative estimate of drug-likeness (QED) is 0.633. The number of carboxylic acids is 1. The third-order valence-corrected chi connectivity index (χ3v) is 6.74. The Morgan fingerprint density at radius 2 is 1.61 bits per heavy atom. The van der Waals surface area contributed by atoms with Crippen LogP contribution in [0.4, 0.5) is 4.79 Å². The highest BCUT2D eigenvalue weighted by atomic mass is 16.5. The van der Waals surface area contributed by atoms with E-state index < -0.39 is 29.6 Å². The summed E-state index contributed by atoms with van der Waals surface area (Å²) in [7, 11) is 1.50. The van der Waals surface area contributed by atoms with Crippen LogP contribution in [0.5, 0.6) is 0 Å². The molecule has 0 saturated heterocycles. The molecule has 2 amide bonds. The number of alkyl carbamates (subject to hydrolysis) is 1. The summed E-state index contributed by atoms with van der Waals surface area (Å²) in [6, 6.07) is 15.3. The number of rotatable bonds is 8. The van der Waals surface area contributed by atoms with Gasteiger partial charge in [0.2, 0.25) is 5.91 Å². The van der Waals surface area contributed by atoms with Crippen molar-refractivity contribution in [3.05, 3.63) is 59.7 Å². The Balaban J connectivity index is 1.44. The van der Waals surface area contributed by atoms with Gasteiger partial charge >= 0.3 is 12.1 Å². The maximum Gasteiger partial charge on any atom is 0.407 e. The number of likely N-dealkylation sites (N-methyl/N-ethyl adjacent to an activating group) is 1. The molecule has 0 heterocycles. The number of nitrogens with zero attached hydrogens (tertiary/aromatic N) is 1. The molecule has 2 aromatic rings. The van der Waals surface area contributed by atoms with Gasteiger partial charge in [0.15, 0.2) is 0 Å². The number of ether oxygens (including phenoxy) is 1. The highest BCUT2D eigenvalue weighted by molar-refractivity contribution is 5.93. The van der Waals surface area contributed by atoms with E-state index in [1.807, 2.05) is 50.2 Å². The maximum atomic E-state index is 13.1. The first-order chi connectivity index (χ1) is 15.7. The first-order valence-electron chi connectivity index (χ1n) is 11.4. The zero-order valence-corrected chi connectivity index (χ0v) is 19.2. The first kappa shape index (κ1) is 22.8. The van der Waals surface area contributed by atoms with Crippen molar-refractivity contribution >= 4 is 18.0 Å². The lowest BCUT2D eigenvalue weighted by atomic mass is 9.98. The van der Waals surface area contributed by atoms with Crippen molar-refractivity contribution < 1.29 is 24.2 Å². The van der Waals surface area contributed by atoms with Gasteiger partial charge in [0.1, 0.15) is 18.2 Å². The molecule has 2 aliphatic rings. The zero-order valence-electron chi connectivity index (χ0n) is 19.2. The van der Waals surface area contributed by atoms with Crippen molar-refractivity contribution in [1.82, 2.24) is 10.2 Å². The Bertz CT molecular complexity index is 1030. The van der Waals surface area contributed by atoms with Crippen LogP contribution in [0.3, 0.4) is 0 Å². The van der Waals surface area contributed by atoms with Gasteiger partial charge < -0.3 is 20.1 Å². The smallest absolute Gasteiger partial charge is 0.407 e. The lowest BCUT2D eigenvalue weighted by Gasteiger charge is -2.30. The van der Waals surface area contributed by atoms with E-state index in [-0.39, 0.29) is 18.4 Å². The predicted octanol–water partition coefficient (Wildman–Crippen LogP) is 4.02. The molecule has 174 valence electrons. The number of fused-ring (bicyclic) bond motifs is 3. The van der Waals surface area contributed by atoms with Crippen molar-refractivity contribution in [3.63, 3.8) is 0 Å². The van der Waals surface area contributed by atoms with E-state index in [1.165, 1.54) is 11.9 Å². The number of amides is 2. The van der Waals surface area contributed by atoms with Crippen molar-refractivity contribution in [3.8, 4) is 11.1 Å². The van der Waals surface area contributed by atoms with Crippen LogP contribution < -0.4 is 5.32 Å². The fourth-order valence-corrected chi connectivity index (χ4v) is 4.73. The topological polar surface area (TPSA) is 95.9 Å². The Morgan fingerprint density at radius 1 is 1.06 bits per heavy atom. The molecule has 4 rings (SSSR count). The SMILES string of the molecule is CC(C)CC(NC(=O)OCC1c2ccccc2-c2ccccc21)C(=O)N(C)C1(C(=O)O)CC1. The lowest BCUT2D eigenvalue weighted by Crippen LogP contribution is -2.54. The minimum Gasteiger partial charge on any atom is -0.479 e. The van der Waals surface area contributed by atoms with Crippen LogP contribution in [0.1, 0.15) is 50.2 Å². The average Bonchev–Trinajstić information content (AvgIpc) is 3.55. The standard InChI is InChI=1S/C26H30N2O5/c1-16(2)14-22(23(29)28(3)26(12-13-26)24(30)31)27-25(32)33-15-21-19-10-6-4-8-17(19)18-9-5-7-11-20(18)21/h4-11,16,21-22H,12-15H2,1-3H3,(H,27,32)(H,30,31). The van der Waals surface area contributed by atoms with Gasteiger partial charge in [-0.05, 0) is 47.4 Å². The number of carbonyl (C=O) groups excluding carboxylic acids is 2. The Labute approximate surface area is 193 Å². The molecular formula is C26H30N2O5. The lowest BCUT2D eigenvalue weighted by molar-refractivity contribution is -0.151. The second-order valence-corrected chi connectivity index (χ2v) is 9.39. The third-order valence-electron chi connectivity index (χ3n) is 6.74. The van der Waals surface area contributed by atoms with Crippen LogP contribution in [0.25, 0.3) is 11.1 Å². The molecule has 0 radical (unpaired) electrons. The molecule has 2 aromatic carbocycles. The second-order valence-electron chi connectivity index (χ2n) is 9.39. The van der Waals surface area contributed by atoms with Gasteiger partial charge in [-0.25, -0.2) is 9.59 Å². The monoisotopic (exact) mass is 450 g/mol. The predicted molar refractivity (Wildman–Crippen MR) is 124 cm³/mol. The summed E-state index contributed by atoms with van der Waals surface area (Å²) < 4.78 is 5.59. The molecule has 2 aliphatic carbocycles. The van der Waals surface area contributed by atoms with Gasteiger partial charge in [0.25, 0.3) is 0 Å².